The molecule has 1 radical (unpaired) electrons. The molecule has 0 spiro atoms. The summed E-state index contributed by atoms with van der Waals surface area (Å²) in [5, 5.41) is 10.5. The maximum atomic E-state index is 4.16. The van der Waals surface area contributed by atoms with E-state index in [4.69, 9.17) is 0 Å². The first-order valence-electron chi connectivity index (χ1n) is 3.66. The van der Waals surface area contributed by atoms with Gasteiger partial charge in [0.2, 0.25) is 0 Å². The van der Waals surface area contributed by atoms with Gasteiger partial charge in [-0.3, -0.25) is 4.98 Å². The van der Waals surface area contributed by atoms with Crippen LogP contribution >= 0.6 is 0 Å². The Labute approximate surface area is 86.3 Å². The van der Waals surface area contributed by atoms with Crippen LogP contribution in [0.1, 0.15) is 5.69 Å². The van der Waals surface area contributed by atoms with E-state index in [0.29, 0.717) is 0 Å². The van der Waals surface area contributed by atoms with E-state index in [0.717, 1.165) is 17.1 Å². The van der Waals surface area contributed by atoms with Crippen molar-refractivity contribution in [3.63, 3.8) is 0 Å². The first kappa shape index (κ1) is 9.89. The van der Waals surface area contributed by atoms with Gasteiger partial charge in [0, 0.05) is 23.3 Å². The van der Waals surface area contributed by atoms with E-state index in [9.17, 15) is 0 Å². The molecule has 0 aliphatic heterocycles. The summed E-state index contributed by atoms with van der Waals surface area (Å²) in [5.74, 6) is 0. The number of nitrogens with one attached hydrogen (secondary N) is 1. The summed E-state index contributed by atoms with van der Waals surface area (Å²) in [7, 11) is 0. The van der Waals surface area contributed by atoms with Gasteiger partial charge in [-0.15, -0.1) is 0 Å². The van der Waals surface area contributed by atoms with Gasteiger partial charge >= 0.3 is 0 Å². The molecule has 2 aromatic rings. The number of hydrogen-bond donors (Lipinski definition) is 1. The standard InChI is InChI=1S/C8H8N4.Cu/c1-6-8(11-12-10-6)7-4-2-3-5-9-7;/h2-5H,1H3,(H,10,11,12);. The monoisotopic (exact) mass is 223 g/mol. The zero-order valence-electron chi connectivity index (χ0n) is 6.95. The van der Waals surface area contributed by atoms with Crippen LogP contribution in [0.25, 0.3) is 11.4 Å². The van der Waals surface area contributed by atoms with Crippen LogP contribution in [0.4, 0.5) is 0 Å². The Balaban J connectivity index is 0.000000845. The molecule has 13 heavy (non-hydrogen) atoms. The van der Waals surface area contributed by atoms with E-state index in [1.807, 2.05) is 25.1 Å². The van der Waals surface area contributed by atoms with Gasteiger partial charge in [0.05, 0.1) is 11.4 Å². The molecule has 0 saturated heterocycles. The van der Waals surface area contributed by atoms with E-state index >= 15 is 0 Å². The van der Waals surface area contributed by atoms with Crippen LogP contribution in [-0.4, -0.2) is 20.4 Å². The third kappa shape index (κ3) is 1.94. The molecule has 0 aromatic carbocycles. The summed E-state index contributed by atoms with van der Waals surface area (Å²) < 4.78 is 0. The fourth-order valence-corrected chi connectivity index (χ4v) is 1.03. The minimum Gasteiger partial charge on any atom is -0.254 e. The second-order valence-electron chi connectivity index (χ2n) is 2.47. The number of rotatable bonds is 1. The van der Waals surface area contributed by atoms with Crippen LogP contribution in [0.2, 0.25) is 0 Å². The van der Waals surface area contributed by atoms with Gasteiger partial charge in [-0.25, -0.2) is 0 Å². The van der Waals surface area contributed by atoms with E-state index < -0.39 is 0 Å². The SMILES string of the molecule is Cc1n[nH]nc1-c1ccccn1.[Cu]. The fourth-order valence-electron chi connectivity index (χ4n) is 1.03. The normalized spacial score (nSPS) is 9.31. The Hall–Kier alpha value is -1.19. The van der Waals surface area contributed by atoms with Gasteiger partial charge in [-0.05, 0) is 19.1 Å². The Bertz CT molecular complexity index is 371. The van der Waals surface area contributed by atoms with E-state index in [1.165, 1.54) is 0 Å². The molecule has 0 fully saturated rings. The first-order chi connectivity index (χ1) is 5.88. The van der Waals surface area contributed by atoms with Crippen molar-refractivity contribution in [2.45, 2.75) is 6.92 Å². The zero-order chi connectivity index (χ0) is 8.39. The van der Waals surface area contributed by atoms with Crippen LogP contribution in [0.15, 0.2) is 24.4 Å². The number of hydrogen-bond acceptors (Lipinski definition) is 3. The average Bonchev–Trinajstić information content (AvgIpc) is 2.53. The van der Waals surface area contributed by atoms with Gasteiger partial charge in [0.1, 0.15) is 5.69 Å². The molecular formula is C8H8CuN4. The second-order valence-corrected chi connectivity index (χ2v) is 2.47. The summed E-state index contributed by atoms with van der Waals surface area (Å²) in [6, 6.07) is 5.71. The zero-order valence-corrected chi connectivity index (χ0v) is 7.89. The number of aromatic nitrogens is 4. The topological polar surface area (TPSA) is 54.5 Å². The maximum Gasteiger partial charge on any atom is 0.134 e. The molecular weight excluding hydrogens is 216 g/mol. The summed E-state index contributed by atoms with van der Waals surface area (Å²) in [5.41, 5.74) is 2.54. The Morgan fingerprint density at radius 1 is 1.23 bits per heavy atom. The molecule has 0 atom stereocenters. The third-order valence-corrected chi connectivity index (χ3v) is 1.63. The molecule has 71 valence electrons. The maximum absolute atomic E-state index is 4.16. The predicted molar refractivity (Wildman–Crippen MR) is 44.4 cm³/mol. The number of nitrogens with zero attached hydrogens (tertiary/aromatic N) is 3. The van der Waals surface area contributed by atoms with Gasteiger partial charge in [-0.1, -0.05) is 6.07 Å². The number of aryl methyl sites for hydroxylation is 1. The minimum atomic E-state index is 0. The molecule has 2 rings (SSSR count). The van der Waals surface area contributed by atoms with Crippen LogP contribution in [0.3, 0.4) is 0 Å². The summed E-state index contributed by atoms with van der Waals surface area (Å²) in [6.45, 7) is 1.90. The Kier molecular flexibility index (Phi) is 3.17. The third-order valence-electron chi connectivity index (χ3n) is 1.63. The number of aromatic amines is 1. The van der Waals surface area contributed by atoms with E-state index in [2.05, 4.69) is 20.4 Å². The Morgan fingerprint density at radius 3 is 2.62 bits per heavy atom. The smallest absolute Gasteiger partial charge is 0.134 e. The number of pyridine rings is 1. The quantitative estimate of drug-likeness (QED) is 0.739. The molecule has 1 N–H and O–H groups in total. The van der Waals surface area contributed by atoms with Gasteiger partial charge in [0.15, 0.2) is 0 Å². The van der Waals surface area contributed by atoms with Crippen molar-refractivity contribution in [3.05, 3.63) is 30.1 Å². The summed E-state index contributed by atoms with van der Waals surface area (Å²) in [4.78, 5) is 4.16. The first-order valence-corrected chi connectivity index (χ1v) is 3.66. The number of H-pyrrole nitrogens is 1. The van der Waals surface area contributed by atoms with E-state index in [-0.39, 0.29) is 17.1 Å². The van der Waals surface area contributed by atoms with Crippen molar-refractivity contribution >= 4 is 0 Å². The molecule has 0 saturated carbocycles. The van der Waals surface area contributed by atoms with Crippen molar-refractivity contribution in [3.8, 4) is 11.4 Å². The van der Waals surface area contributed by atoms with Crippen molar-refractivity contribution < 1.29 is 17.1 Å². The average molecular weight is 224 g/mol. The molecule has 4 nitrogen and oxygen atoms in total. The predicted octanol–water partition coefficient (Wildman–Crippen LogP) is 1.17. The van der Waals surface area contributed by atoms with Crippen LogP contribution in [0.5, 0.6) is 0 Å². The van der Waals surface area contributed by atoms with Crippen LogP contribution in [0, 0.1) is 6.92 Å². The summed E-state index contributed by atoms with van der Waals surface area (Å²) >= 11 is 0. The summed E-state index contributed by atoms with van der Waals surface area (Å²) in [6.07, 6.45) is 1.74. The van der Waals surface area contributed by atoms with E-state index in [1.54, 1.807) is 6.20 Å². The second kappa shape index (κ2) is 4.16. The van der Waals surface area contributed by atoms with Gasteiger partial charge < -0.3 is 0 Å². The fraction of sp³-hybridized carbons (Fsp3) is 0.125. The van der Waals surface area contributed by atoms with Crippen molar-refractivity contribution in [1.29, 1.82) is 0 Å². The van der Waals surface area contributed by atoms with Crippen molar-refractivity contribution in [2.24, 2.45) is 0 Å². The molecule has 5 heteroatoms. The van der Waals surface area contributed by atoms with Gasteiger partial charge in [-0.2, -0.15) is 15.4 Å². The van der Waals surface area contributed by atoms with Crippen LogP contribution in [-0.2, 0) is 17.1 Å². The van der Waals surface area contributed by atoms with Crippen LogP contribution < -0.4 is 0 Å². The Morgan fingerprint density at radius 2 is 2.08 bits per heavy atom. The largest absolute Gasteiger partial charge is 0.254 e. The molecule has 0 bridgehead atoms. The molecule has 0 aliphatic carbocycles. The molecule has 2 heterocycles. The molecule has 0 amide bonds. The van der Waals surface area contributed by atoms with Crippen molar-refractivity contribution in [2.75, 3.05) is 0 Å². The molecule has 2 aromatic heterocycles. The molecule has 0 unspecified atom stereocenters. The molecule has 0 aliphatic rings. The minimum absolute atomic E-state index is 0. The van der Waals surface area contributed by atoms with Crippen molar-refractivity contribution in [1.82, 2.24) is 20.4 Å². The van der Waals surface area contributed by atoms with Gasteiger partial charge in [0.25, 0.3) is 0 Å².